The Labute approximate surface area is 153 Å². The van der Waals surface area contributed by atoms with Crippen molar-refractivity contribution in [2.75, 3.05) is 44.7 Å². The van der Waals surface area contributed by atoms with Crippen LogP contribution in [0, 0.1) is 0 Å². The zero-order chi connectivity index (χ0) is 18.3. The van der Waals surface area contributed by atoms with Gasteiger partial charge in [-0.25, -0.2) is 8.42 Å². The molecule has 4 rings (SSSR count). The molecule has 2 aliphatic rings. The van der Waals surface area contributed by atoms with Gasteiger partial charge in [-0.15, -0.1) is 0 Å². The van der Waals surface area contributed by atoms with Crippen LogP contribution in [0.4, 0.5) is 5.69 Å². The van der Waals surface area contributed by atoms with Gasteiger partial charge in [-0.2, -0.15) is 4.31 Å². The highest BCUT2D eigenvalue weighted by atomic mass is 32.2. The standard InChI is InChI=1S/C18H22N4O3S/c1-19-7-8-21-14-16(13-17(21)18(19)23)26(24,25)22-11-9-20(10-12-22)15-5-3-2-4-6-15/h2-6,13-14H,7-12H2,1H3. The molecule has 1 aromatic heterocycles. The molecule has 138 valence electrons. The summed E-state index contributed by atoms with van der Waals surface area (Å²) >= 11 is 0. The number of rotatable bonds is 3. The van der Waals surface area contributed by atoms with Crippen LogP contribution in [0.15, 0.2) is 47.5 Å². The highest BCUT2D eigenvalue weighted by Crippen LogP contribution is 2.24. The number of amides is 1. The summed E-state index contributed by atoms with van der Waals surface area (Å²) in [6.45, 7) is 3.39. The third-order valence-corrected chi connectivity index (χ3v) is 6.98. The maximum absolute atomic E-state index is 13.0. The Kier molecular flexibility index (Phi) is 4.24. The lowest BCUT2D eigenvalue weighted by molar-refractivity contribution is 0.0749. The van der Waals surface area contributed by atoms with Crippen LogP contribution < -0.4 is 4.90 Å². The topological polar surface area (TPSA) is 65.9 Å². The Morgan fingerprint density at radius 2 is 1.62 bits per heavy atom. The average Bonchev–Trinajstić information content (AvgIpc) is 3.12. The van der Waals surface area contributed by atoms with Gasteiger partial charge in [0.1, 0.15) is 10.6 Å². The minimum Gasteiger partial charge on any atom is -0.369 e. The SMILES string of the molecule is CN1CCn2cc(S(=O)(=O)N3CCN(c4ccccc4)CC3)cc2C1=O. The van der Waals surface area contributed by atoms with Gasteiger partial charge in [0.2, 0.25) is 10.0 Å². The van der Waals surface area contributed by atoms with Crippen molar-refractivity contribution < 1.29 is 13.2 Å². The van der Waals surface area contributed by atoms with Gasteiger partial charge in [0, 0.05) is 58.2 Å². The predicted molar refractivity (Wildman–Crippen MR) is 98.8 cm³/mol. The third kappa shape index (κ3) is 2.89. The van der Waals surface area contributed by atoms with E-state index in [1.807, 2.05) is 30.3 Å². The molecule has 1 amide bonds. The van der Waals surface area contributed by atoms with Gasteiger partial charge < -0.3 is 14.4 Å². The van der Waals surface area contributed by atoms with Crippen molar-refractivity contribution >= 4 is 21.6 Å². The second-order valence-electron chi connectivity index (χ2n) is 6.71. The summed E-state index contributed by atoms with van der Waals surface area (Å²) in [4.78, 5) is 16.2. The average molecular weight is 374 g/mol. The predicted octanol–water partition coefficient (Wildman–Crippen LogP) is 1.08. The smallest absolute Gasteiger partial charge is 0.270 e. The summed E-state index contributed by atoms with van der Waals surface area (Å²) in [5, 5.41) is 0. The molecule has 0 spiro atoms. The molecule has 0 radical (unpaired) electrons. The van der Waals surface area contributed by atoms with Crippen LogP contribution >= 0.6 is 0 Å². The fourth-order valence-electron chi connectivity index (χ4n) is 3.52. The third-order valence-electron chi connectivity index (χ3n) is 5.11. The minimum absolute atomic E-state index is 0.133. The zero-order valence-electron chi connectivity index (χ0n) is 14.7. The van der Waals surface area contributed by atoms with Crippen molar-refractivity contribution in [3.05, 3.63) is 48.3 Å². The zero-order valence-corrected chi connectivity index (χ0v) is 15.5. The summed E-state index contributed by atoms with van der Waals surface area (Å²) in [5.41, 5.74) is 1.55. The first-order valence-electron chi connectivity index (χ1n) is 8.72. The van der Waals surface area contributed by atoms with E-state index in [-0.39, 0.29) is 10.8 Å². The van der Waals surface area contributed by atoms with Crippen molar-refractivity contribution in [1.82, 2.24) is 13.8 Å². The number of nitrogens with zero attached hydrogens (tertiary/aromatic N) is 4. The van der Waals surface area contributed by atoms with Gasteiger partial charge in [-0.3, -0.25) is 4.79 Å². The van der Waals surface area contributed by atoms with Crippen LogP contribution in [-0.4, -0.2) is 67.9 Å². The lowest BCUT2D eigenvalue weighted by Crippen LogP contribution is -2.48. The quantitative estimate of drug-likeness (QED) is 0.807. The number of carbonyl (C=O) groups excluding carboxylic acids is 1. The molecule has 8 heteroatoms. The number of carbonyl (C=O) groups is 1. The highest BCUT2D eigenvalue weighted by molar-refractivity contribution is 7.89. The maximum Gasteiger partial charge on any atom is 0.270 e. The normalized spacial score (nSPS) is 18.9. The molecule has 26 heavy (non-hydrogen) atoms. The monoisotopic (exact) mass is 374 g/mol. The van der Waals surface area contributed by atoms with E-state index in [9.17, 15) is 13.2 Å². The number of para-hydroxylation sites is 1. The van der Waals surface area contributed by atoms with Gasteiger partial charge >= 0.3 is 0 Å². The molecule has 2 aromatic rings. The molecular formula is C18H22N4O3S. The van der Waals surface area contributed by atoms with Crippen molar-refractivity contribution in [2.24, 2.45) is 0 Å². The molecule has 0 bridgehead atoms. The van der Waals surface area contributed by atoms with Gasteiger partial charge in [0.15, 0.2) is 0 Å². The van der Waals surface area contributed by atoms with Gasteiger partial charge in [-0.05, 0) is 18.2 Å². The number of benzene rings is 1. The first kappa shape index (κ1) is 17.1. The molecular weight excluding hydrogens is 352 g/mol. The van der Waals surface area contributed by atoms with Gasteiger partial charge in [0.25, 0.3) is 5.91 Å². The number of fused-ring (bicyclic) bond motifs is 1. The van der Waals surface area contributed by atoms with Crippen LogP contribution in [0.2, 0.25) is 0 Å². The summed E-state index contributed by atoms with van der Waals surface area (Å²) in [7, 11) is -1.86. The van der Waals surface area contributed by atoms with Crippen LogP contribution in [-0.2, 0) is 16.6 Å². The summed E-state index contributed by atoms with van der Waals surface area (Å²) in [6.07, 6.45) is 1.60. The van der Waals surface area contributed by atoms with E-state index >= 15 is 0 Å². The number of likely N-dealkylation sites (N-methyl/N-ethyl adjacent to an activating group) is 1. The molecule has 1 fully saturated rings. The Bertz CT molecular complexity index is 915. The second kappa shape index (κ2) is 6.44. The molecule has 0 saturated carbocycles. The summed E-state index contributed by atoms with van der Waals surface area (Å²) < 4.78 is 29.3. The van der Waals surface area contributed by atoms with Crippen LogP contribution in [0.3, 0.4) is 0 Å². The molecule has 0 aliphatic carbocycles. The van der Waals surface area contributed by atoms with Crippen molar-refractivity contribution in [2.45, 2.75) is 11.4 Å². The van der Waals surface area contributed by atoms with Crippen LogP contribution in [0.5, 0.6) is 0 Å². The lowest BCUT2D eigenvalue weighted by atomic mass is 10.2. The van der Waals surface area contributed by atoms with Crippen molar-refractivity contribution in [3.63, 3.8) is 0 Å². The van der Waals surface area contributed by atoms with E-state index in [0.717, 1.165) is 5.69 Å². The van der Waals surface area contributed by atoms with Crippen LogP contribution in [0.1, 0.15) is 10.5 Å². The molecule has 3 heterocycles. The number of piperazine rings is 1. The first-order valence-corrected chi connectivity index (χ1v) is 10.2. The number of aromatic nitrogens is 1. The first-order chi connectivity index (χ1) is 12.5. The molecule has 0 N–H and O–H groups in total. The van der Waals surface area contributed by atoms with E-state index in [2.05, 4.69) is 4.90 Å². The van der Waals surface area contributed by atoms with E-state index in [1.165, 1.54) is 10.4 Å². The van der Waals surface area contributed by atoms with E-state index in [0.29, 0.717) is 45.0 Å². The molecule has 7 nitrogen and oxygen atoms in total. The van der Waals surface area contributed by atoms with E-state index in [1.54, 1.807) is 22.7 Å². The number of sulfonamides is 1. The molecule has 0 atom stereocenters. The number of hydrogen-bond acceptors (Lipinski definition) is 4. The molecule has 0 unspecified atom stereocenters. The Morgan fingerprint density at radius 1 is 0.923 bits per heavy atom. The van der Waals surface area contributed by atoms with Crippen LogP contribution in [0.25, 0.3) is 0 Å². The fourth-order valence-corrected chi connectivity index (χ4v) is 4.98. The fraction of sp³-hybridized carbons (Fsp3) is 0.389. The Balaban J connectivity index is 1.52. The van der Waals surface area contributed by atoms with E-state index in [4.69, 9.17) is 0 Å². The lowest BCUT2D eigenvalue weighted by Gasteiger charge is -2.35. The number of anilines is 1. The maximum atomic E-state index is 13.0. The summed E-state index contributed by atoms with van der Waals surface area (Å²) in [6, 6.07) is 11.5. The largest absolute Gasteiger partial charge is 0.369 e. The Hall–Kier alpha value is -2.32. The van der Waals surface area contributed by atoms with Gasteiger partial charge in [-0.1, -0.05) is 18.2 Å². The van der Waals surface area contributed by atoms with Crippen molar-refractivity contribution in [1.29, 1.82) is 0 Å². The highest BCUT2D eigenvalue weighted by Gasteiger charge is 2.32. The minimum atomic E-state index is -3.59. The van der Waals surface area contributed by atoms with Gasteiger partial charge in [0.05, 0.1) is 0 Å². The second-order valence-corrected chi connectivity index (χ2v) is 8.65. The summed E-state index contributed by atoms with van der Waals surface area (Å²) in [5.74, 6) is -0.133. The molecule has 2 aliphatic heterocycles. The molecule has 1 aromatic carbocycles. The molecule has 1 saturated heterocycles. The Morgan fingerprint density at radius 3 is 2.31 bits per heavy atom. The van der Waals surface area contributed by atoms with E-state index < -0.39 is 10.0 Å². The van der Waals surface area contributed by atoms with Crippen molar-refractivity contribution in [3.8, 4) is 0 Å². The number of hydrogen-bond donors (Lipinski definition) is 0.